The molecule has 0 fully saturated rings. The molecule has 0 spiro atoms. The van der Waals surface area contributed by atoms with Crippen molar-refractivity contribution >= 4 is 18.4 Å². The van der Waals surface area contributed by atoms with Gasteiger partial charge in [-0.3, -0.25) is 9.59 Å². The molecule has 12 heavy (non-hydrogen) atoms. The van der Waals surface area contributed by atoms with Crippen molar-refractivity contribution in [2.24, 2.45) is 5.92 Å². The van der Waals surface area contributed by atoms with Crippen LogP contribution in [-0.2, 0) is 19.1 Å². The maximum Gasteiger partial charge on any atom is 1.00 e. The molecule has 0 aromatic carbocycles. The fourth-order valence-electron chi connectivity index (χ4n) is 0.559. The van der Waals surface area contributed by atoms with Gasteiger partial charge in [-0.05, 0) is 6.42 Å². The predicted molar refractivity (Wildman–Crippen MR) is 30.9 cm³/mol. The molecule has 0 aliphatic carbocycles. The van der Waals surface area contributed by atoms with E-state index in [-0.39, 0.29) is 64.3 Å². The minimum Gasteiger partial charge on any atom is -0.549 e. The first kappa shape index (κ1) is 14.8. The van der Waals surface area contributed by atoms with Crippen molar-refractivity contribution in [1.82, 2.24) is 0 Å². The zero-order valence-electron chi connectivity index (χ0n) is 6.90. The number of rotatable bonds is 4. The molecule has 62 valence electrons. The predicted octanol–water partition coefficient (Wildman–Crippen LogP) is -4.53. The van der Waals surface area contributed by atoms with Crippen molar-refractivity contribution in [1.29, 1.82) is 0 Å². The molecule has 0 aromatic heterocycles. The summed E-state index contributed by atoms with van der Waals surface area (Å²) in [4.78, 5) is 30.3. The number of carbonyl (C=O) groups excluding carboxylic acids is 3. The summed E-state index contributed by atoms with van der Waals surface area (Å²) in [5.74, 6) is -3.96. The molecule has 0 saturated carbocycles. The number of aliphatic carboxylic acids is 1. The fraction of sp³-hybridized carbons (Fsp3) is 0.500. The van der Waals surface area contributed by atoms with Gasteiger partial charge >= 0.3 is 63.8 Å². The molecular formula is C6H7KO5. The molecule has 0 N–H and O–H groups in total. The van der Waals surface area contributed by atoms with E-state index in [1.165, 1.54) is 6.92 Å². The minimum atomic E-state index is -1.53. The fourth-order valence-corrected chi connectivity index (χ4v) is 0.559. The zero-order valence-corrected chi connectivity index (χ0v) is 10.0. The van der Waals surface area contributed by atoms with Crippen LogP contribution in [0.3, 0.4) is 0 Å². The van der Waals surface area contributed by atoms with Gasteiger partial charge in [0.2, 0.25) is 0 Å². The second-order valence-electron chi connectivity index (χ2n) is 1.81. The number of hydrogen-bond acceptors (Lipinski definition) is 5. The Morgan fingerprint density at radius 1 is 1.58 bits per heavy atom. The number of carbonyl (C=O) groups is 3. The van der Waals surface area contributed by atoms with Crippen molar-refractivity contribution < 1.29 is 75.6 Å². The molecule has 0 aliphatic heterocycles. The average Bonchev–Trinajstić information content (AvgIpc) is 1.88. The van der Waals surface area contributed by atoms with Gasteiger partial charge in [0, 0.05) is 0 Å². The Kier molecular flexibility index (Phi) is 9.68. The summed E-state index contributed by atoms with van der Waals surface area (Å²) in [5.41, 5.74) is 0. The number of carboxylic acid groups (broad SMARTS) is 1. The Morgan fingerprint density at radius 3 is 2.33 bits per heavy atom. The van der Waals surface area contributed by atoms with Crippen molar-refractivity contribution in [3.05, 3.63) is 0 Å². The van der Waals surface area contributed by atoms with E-state index in [4.69, 9.17) is 0 Å². The quantitative estimate of drug-likeness (QED) is 0.197. The van der Waals surface area contributed by atoms with Crippen LogP contribution in [0.2, 0.25) is 0 Å². The maximum absolute atomic E-state index is 10.5. The maximum atomic E-state index is 10.5. The van der Waals surface area contributed by atoms with Crippen LogP contribution in [0.5, 0.6) is 0 Å². The molecular weight excluding hydrogens is 191 g/mol. The number of esters is 1. The zero-order chi connectivity index (χ0) is 8.85. The molecule has 0 radical (unpaired) electrons. The molecule has 0 heterocycles. The SMILES string of the molecule is CCC(C(=O)[O-])C(=O)OC=O.[K+]. The molecule has 0 bridgehead atoms. The van der Waals surface area contributed by atoms with Gasteiger partial charge in [0.25, 0.3) is 0 Å². The first-order chi connectivity index (χ1) is 5.13. The van der Waals surface area contributed by atoms with Crippen LogP contribution in [-0.4, -0.2) is 18.4 Å². The van der Waals surface area contributed by atoms with Crippen LogP contribution >= 0.6 is 0 Å². The Bertz CT molecular complexity index is 179. The van der Waals surface area contributed by atoms with Crippen molar-refractivity contribution in [2.75, 3.05) is 0 Å². The summed E-state index contributed by atoms with van der Waals surface area (Å²) in [6.07, 6.45) is 0.0506. The molecule has 6 heteroatoms. The summed E-state index contributed by atoms with van der Waals surface area (Å²) in [6.45, 7) is 1.38. The van der Waals surface area contributed by atoms with Gasteiger partial charge < -0.3 is 14.6 Å². The third-order valence-corrected chi connectivity index (χ3v) is 1.14. The van der Waals surface area contributed by atoms with Crippen LogP contribution in [0, 0.1) is 5.92 Å². The Morgan fingerprint density at radius 2 is 2.08 bits per heavy atom. The second-order valence-corrected chi connectivity index (χ2v) is 1.81. The van der Waals surface area contributed by atoms with Gasteiger partial charge in [-0.1, -0.05) is 6.92 Å². The van der Waals surface area contributed by atoms with Crippen molar-refractivity contribution in [3.8, 4) is 0 Å². The van der Waals surface area contributed by atoms with Gasteiger partial charge in [0.1, 0.15) is 0 Å². The smallest absolute Gasteiger partial charge is 0.549 e. The monoisotopic (exact) mass is 198 g/mol. The van der Waals surface area contributed by atoms with Gasteiger partial charge in [-0.2, -0.15) is 0 Å². The summed E-state index contributed by atoms with van der Waals surface area (Å²) in [5, 5.41) is 10.1. The van der Waals surface area contributed by atoms with E-state index in [2.05, 4.69) is 4.74 Å². The summed E-state index contributed by atoms with van der Waals surface area (Å²) in [6, 6.07) is 0. The van der Waals surface area contributed by atoms with Crippen LogP contribution in [0.1, 0.15) is 13.3 Å². The van der Waals surface area contributed by atoms with E-state index >= 15 is 0 Å². The summed E-state index contributed by atoms with van der Waals surface area (Å²) >= 11 is 0. The van der Waals surface area contributed by atoms with Crippen LogP contribution < -0.4 is 56.5 Å². The van der Waals surface area contributed by atoms with E-state index in [9.17, 15) is 19.5 Å². The summed E-state index contributed by atoms with van der Waals surface area (Å²) < 4.78 is 3.82. The molecule has 5 nitrogen and oxygen atoms in total. The van der Waals surface area contributed by atoms with Crippen LogP contribution in [0.25, 0.3) is 0 Å². The van der Waals surface area contributed by atoms with Crippen LogP contribution in [0.15, 0.2) is 0 Å². The second kappa shape index (κ2) is 7.87. The van der Waals surface area contributed by atoms with Gasteiger partial charge in [0.15, 0.2) is 0 Å². The van der Waals surface area contributed by atoms with Gasteiger partial charge in [-0.15, -0.1) is 0 Å². The minimum absolute atomic E-state index is 0. The average molecular weight is 198 g/mol. The number of hydrogen-bond donors (Lipinski definition) is 0. The molecule has 0 rings (SSSR count). The van der Waals surface area contributed by atoms with Crippen molar-refractivity contribution in [2.45, 2.75) is 13.3 Å². The van der Waals surface area contributed by atoms with E-state index in [0.717, 1.165) is 0 Å². The number of carboxylic acids is 1. The van der Waals surface area contributed by atoms with E-state index < -0.39 is 17.9 Å². The Labute approximate surface area is 112 Å². The third kappa shape index (κ3) is 4.99. The third-order valence-electron chi connectivity index (χ3n) is 1.14. The first-order valence-corrected chi connectivity index (χ1v) is 2.98. The van der Waals surface area contributed by atoms with E-state index in [1.807, 2.05) is 0 Å². The number of ether oxygens (including phenoxy) is 1. The molecule has 0 aliphatic rings. The molecule has 1 atom stereocenters. The Balaban J connectivity index is 0. The largest absolute Gasteiger partial charge is 1.00 e. The van der Waals surface area contributed by atoms with E-state index in [0.29, 0.717) is 0 Å². The molecule has 0 aromatic rings. The topological polar surface area (TPSA) is 83.5 Å². The normalized spacial score (nSPS) is 10.8. The van der Waals surface area contributed by atoms with Gasteiger partial charge in [0.05, 0.1) is 11.9 Å². The first-order valence-electron chi connectivity index (χ1n) is 2.98. The van der Waals surface area contributed by atoms with Crippen molar-refractivity contribution in [3.63, 3.8) is 0 Å². The summed E-state index contributed by atoms with van der Waals surface area (Å²) in [7, 11) is 0. The van der Waals surface area contributed by atoms with Crippen LogP contribution in [0.4, 0.5) is 0 Å². The van der Waals surface area contributed by atoms with Gasteiger partial charge in [-0.25, -0.2) is 0 Å². The molecule has 1 unspecified atom stereocenters. The Hall–Kier alpha value is 0.246. The standard InChI is InChI=1S/C6H8O5.K/c1-2-4(5(8)9)6(10)11-3-7;/h3-4H,2H2,1H3,(H,8,9);/q;+1/p-1. The van der Waals surface area contributed by atoms with E-state index in [1.54, 1.807) is 0 Å². The molecule has 0 amide bonds. The molecule has 0 saturated heterocycles.